The van der Waals surface area contributed by atoms with Crippen LogP contribution in [0, 0.1) is 16.7 Å². The molecule has 0 heterocycles. The number of hydrogen-bond acceptors (Lipinski definition) is 0. The van der Waals surface area contributed by atoms with Gasteiger partial charge in [0.2, 0.25) is 0 Å². The quantitative estimate of drug-likeness (QED) is 0.171. The highest BCUT2D eigenvalue weighted by molar-refractivity contribution is 5.34. The standard InChI is InChI=1S/C40H58/c1-31(19-13-21-33(3)25-27-37-35(5)23-15-29-39(37,7)8)17-11-12-18-32(2)20-14-22-34(4)26-28-38-36(6)24-16-30-40(38,9)10/h11-15,17-21,26,28-29,34H,16,22-25,27,30H2,1-10H3/b12-11+,19-13+,20-14?,28-26+,31-17+,32-18+,33-21+. The minimum Gasteiger partial charge on any atom is -0.0837 e. The second-order valence-electron chi connectivity index (χ2n) is 13.6. The van der Waals surface area contributed by atoms with Crippen molar-refractivity contribution in [3.8, 4) is 0 Å². The maximum absolute atomic E-state index is 2.41. The first-order chi connectivity index (χ1) is 18.8. The average Bonchev–Trinajstić information content (AvgIpc) is 2.85. The van der Waals surface area contributed by atoms with E-state index in [2.05, 4.69) is 148 Å². The molecule has 0 heteroatoms. The van der Waals surface area contributed by atoms with Crippen molar-refractivity contribution < 1.29 is 0 Å². The average molecular weight is 539 g/mol. The van der Waals surface area contributed by atoms with Crippen LogP contribution in [0.3, 0.4) is 0 Å². The zero-order valence-corrected chi connectivity index (χ0v) is 27.5. The summed E-state index contributed by atoms with van der Waals surface area (Å²) in [5.41, 5.74) is 10.8. The van der Waals surface area contributed by atoms with Crippen molar-refractivity contribution in [2.24, 2.45) is 16.7 Å². The Morgan fingerprint density at radius 3 is 2.23 bits per heavy atom. The van der Waals surface area contributed by atoms with E-state index in [-0.39, 0.29) is 5.41 Å². The Hall–Kier alpha value is -2.60. The third-order valence-electron chi connectivity index (χ3n) is 8.61. The lowest BCUT2D eigenvalue weighted by Crippen LogP contribution is -2.19. The van der Waals surface area contributed by atoms with Gasteiger partial charge in [-0.15, -0.1) is 0 Å². The van der Waals surface area contributed by atoms with E-state index in [1.54, 1.807) is 22.3 Å². The van der Waals surface area contributed by atoms with Gasteiger partial charge in [0.1, 0.15) is 0 Å². The molecule has 0 aromatic heterocycles. The summed E-state index contributed by atoms with van der Waals surface area (Å²) in [6.45, 7) is 23.0. The summed E-state index contributed by atoms with van der Waals surface area (Å²) in [4.78, 5) is 0. The molecule has 0 nitrogen and oxygen atoms in total. The Kier molecular flexibility index (Phi) is 13.4. The summed E-state index contributed by atoms with van der Waals surface area (Å²) in [5.74, 6) is 0.546. The molecule has 0 aromatic rings. The number of rotatable bonds is 12. The summed E-state index contributed by atoms with van der Waals surface area (Å²) in [6, 6.07) is 0. The minimum absolute atomic E-state index is 0.200. The molecule has 40 heavy (non-hydrogen) atoms. The molecular weight excluding hydrogens is 480 g/mol. The molecule has 0 N–H and O–H groups in total. The maximum Gasteiger partial charge on any atom is 0.00371 e. The Labute approximate surface area is 248 Å². The first kappa shape index (κ1) is 33.6. The molecule has 0 saturated heterocycles. The highest BCUT2D eigenvalue weighted by atomic mass is 14.3. The van der Waals surface area contributed by atoms with Crippen molar-refractivity contribution in [3.05, 3.63) is 118 Å². The molecule has 2 aliphatic rings. The normalized spacial score (nSPS) is 21.7. The monoisotopic (exact) mass is 538 g/mol. The maximum atomic E-state index is 2.41. The van der Waals surface area contributed by atoms with Gasteiger partial charge in [-0.05, 0) is 96.5 Å². The van der Waals surface area contributed by atoms with Gasteiger partial charge in [0, 0.05) is 5.41 Å². The molecule has 2 aliphatic carbocycles. The van der Waals surface area contributed by atoms with Crippen LogP contribution in [0.15, 0.2) is 118 Å². The van der Waals surface area contributed by atoms with Crippen molar-refractivity contribution in [1.29, 1.82) is 0 Å². The highest BCUT2D eigenvalue weighted by Crippen LogP contribution is 2.41. The van der Waals surface area contributed by atoms with E-state index >= 15 is 0 Å². The molecule has 0 fully saturated rings. The van der Waals surface area contributed by atoms with Gasteiger partial charge < -0.3 is 0 Å². The Bertz CT molecular complexity index is 1150. The van der Waals surface area contributed by atoms with Crippen LogP contribution in [0.4, 0.5) is 0 Å². The molecule has 1 unspecified atom stereocenters. The molecule has 0 saturated carbocycles. The fourth-order valence-corrected chi connectivity index (χ4v) is 5.95. The second-order valence-corrected chi connectivity index (χ2v) is 13.6. The molecule has 0 aliphatic heterocycles. The summed E-state index contributed by atoms with van der Waals surface area (Å²) in [5, 5.41) is 0. The van der Waals surface area contributed by atoms with Crippen LogP contribution in [-0.2, 0) is 0 Å². The van der Waals surface area contributed by atoms with Crippen molar-refractivity contribution in [1.82, 2.24) is 0 Å². The summed E-state index contributed by atoms with van der Waals surface area (Å²) >= 11 is 0. The Balaban J connectivity index is 1.79. The van der Waals surface area contributed by atoms with Crippen molar-refractivity contribution in [2.75, 3.05) is 0 Å². The van der Waals surface area contributed by atoms with Crippen molar-refractivity contribution >= 4 is 0 Å². The number of hydrogen-bond donors (Lipinski definition) is 0. The topological polar surface area (TPSA) is 0 Å². The minimum atomic E-state index is 0.200. The third-order valence-corrected chi connectivity index (χ3v) is 8.61. The lowest BCUT2D eigenvalue weighted by molar-refractivity contribution is 0.376. The molecule has 0 aromatic carbocycles. The lowest BCUT2D eigenvalue weighted by Gasteiger charge is -2.33. The smallest absolute Gasteiger partial charge is 0.00371 e. The van der Waals surface area contributed by atoms with Crippen molar-refractivity contribution in [2.45, 2.75) is 114 Å². The van der Waals surface area contributed by atoms with E-state index < -0.39 is 0 Å². The van der Waals surface area contributed by atoms with Gasteiger partial charge in [0.25, 0.3) is 0 Å². The van der Waals surface area contributed by atoms with E-state index in [1.165, 1.54) is 36.0 Å². The summed E-state index contributed by atoms with van der Waals surface area (Å²) < 4.78 is 0. The molecule has 0 radical (unpaired) electrons. The molecule has 0 amide bonds. The summed E-state index contributed by atoms with van der Waals surface area (Å²) in [6.07, 6.45) is 37.7. The van der Waals surface area contributed by atoms with E-state index in [9.17, 15) is 0 Å². The lowest BCUT2D eigenvalue weighted by atomic mass is 9.72. The fourth-order valence-electron chi connectivity index (χ4n) is 5.95. The van der Waals surface area contributed by atoms with E-state index in [0.717, 1.165) is 25.7 Å². The highest BCUT2D eigenvalue weighted by Gasteiger charge is 2.26. The van der Waals surface area contributed by atoms with Gasteiger partial charge in [0.15, 0.2) is 0 Å². The predicted octanol–water partition coefficient (Wildman–Crippen LogP) is 12.7. The van der Waals surface area contributed by atoms with Gasteiger partial charge >= 0.3 is 0 Å². The van der Waals surface area contributed by atoms with E-state index in [1.807, 2.05) is 0 Å². The Morgan fingerprint density at radius 1 is 0.900 bits per heavy atom. The Morgan fingerprint density at radius 2 is 1.57 bits per heavy atom. The third kappa shape index (κ3) is 11.5. The van der Waals surface area contributed by atoms with Crippen LogP contribution in [0.2, 0.25) is 0 Å². The van der Waals surface area contributed by atoms with Crippen LogP contribution >= 0.6 is 0 Å². The second kappa shape index (κ2) is 16.0. The van der Waals surface area contributed by atoms with E-state index in [0.29, 0.717) is 11.3 Å². The predicted molar refractivity (Wildman–Crippen MR) is 181 cm³/mol. The first-order valence-electron chi connectivity index (χ1n) is 15.6. The van der Waals surface area contributed by atoms with Gasteiger partial charge in [-0.1, -0.05) is 147 Å². The van der Waals surface area contributed by atoms with Crippen LogP contribution in [-0.4, -0.2) is 0 Å². The number of allylic oxidation sites excluding steroid dienone is 20. The fraction of sp³-hybridized carbons (Fsp3) is 0.500. The molecule has 0 spiro atoms. The van der Waals surface area contributed by atoms with Gasteiger partial charge in [-0.3, -0.25) is 0 Å². The van der Waals surface area contributed by atoms with Crippen molar-refractivity contribution in [3.63, 3.8) is 0 Å². The van der Waals surface area contributed by atoms with Crippen LogP contribution < -0.4 is 0 Å². The van der Waals surface area contributed by atoms with E-state index in [4.69, 9.17) is 0 Å². The van der Waals surface area contributed by atoms with Crippen LogP contribution in [0.25, 0.3) is 0 Å². The molecule has 1 atom stereocenters. The molecular formula is C40H58. The largest absolute Gasteiger partial charge is 0.0837 e. The zero-order valence-electron chi connectivity index (χ0n) is 27.5. The molecule has 218 valence electrons. The van der Waals surface area contributed by atoms with Gasteiger partial charge in [0.05, 0.1) is 0 Å². The van der Waals surface area contributed by atoms with Gasteiger partial charge in [-0.25, -0.2) is 0 Å². The van der Waals surface area contributed by atoms with Gasteiger partial charge in [-0.2, -0.15) is 0 Å². The molecule has 0 bridgehead atoms. The molecule has 2 rings (SSSR count). The van der Waals surface area contributed by atoms with Crippen LogP contribution in [0.1, 0.15) is 114 Å². The first-order valence-corrected chi connectivity index (χ1v) is 15.6. The zero-order chi connectivity index (χ0) is 29.8. The SMILES string of the molecule is CC1=C(CC/C(C)=C/C=C/C(C)=C/C=C/C=C(\C)C=CCC(C)/C=C/C2=C(C)CCCC2(C)C)C(C)(C)C=CC1. The van der Waals surface area contributed by atoms with Crippen LogP contribution in [0.5, 0.6) is 0 Å². The summed E-state index contributed by atoms with van der Waals surface area (Å²) in [7, 11) is 0.